The van der Waals surface area contributed by atoms with Gasteiger partial charge in [0.05, 0.1) is 12.3 Å². The van der Waals surface area contributed by atoms with Crippen LogP contribution in [0.5, 0.6) is 0 Å². The zero-order chi connectivity index (χ0) is 26.2. The molecule has 0 aliphatic carbocycles. The number of carbonyl (C=O) groups is 3. The highest BCUT2D eigenvalue weighted by Gasteiger charge is 2.47. The van der Waals surface area contributed by atoms with Crippen LogP contribution in [0.15, 0.2) is 42.5 Å². The van der Waals surface area contributed by atoms with Gasteiger partial charge >= 0.3 is 6.09 Å². The summed E-state index contributed by atoms with van der Waals surface area (Å²) in [5.74, 6) is -0.402. The Balaban J connectivity index is 0.00000210. The number of para-hydroxylation sites is 1. The summed E-state index contributed by atoms with van der Waals surface area (Å²) in [4.78, 5) is 42.8. The Hall–Kier alpha value is -3.39. The molecule has 2 N–H and O–H groups in total. The zero-order valence-corrected chi connectivity index (χ0v) is 21.7. The minimum atomic E-state index is -0.451. The molecule has 3 amide bonds. The van der Waals surface area contributed by atoms with Gasteiger partial charge < -0.3 is 25.2 Å². The van der Waals surface area contributed by atoms with E-state index in [1.54, 1.807) is 19.1 Å². The molecule has 2 fully saturated rings. The Morgan fingerprint density at radius 2 is 1.70 bits per heavy atom. The molecule has 3 heterocycles. The van der Waals surface area contributed by atoms with Crippen molar-refractivity contribution in [2.24, 2.45) is 5.73 Å². The highest BCUT2D eigenvalue weighted by atomic mass is 16.6. The lowest BCUT2D eigenvalue weighted by molar-refractivity contribution is -0.116. The van der Waals surface area contributed by atoms with Crippen molar-refractivity contribution in [1.82, 2.24) is 9.80 Å². The van der Waals surface area contributed by atoms with Crippen LogP contribution < -0.4 is 10.6 Å². The third-order valence-corrected chi connectivity index (χ3v) is 8.46. The number of nitrogens with two attached hydrogens (primary N) is 1. The number of likely N-dealkylation sites (tertiary alicyclic amines) is 2. The maximum atomic E-state index is 12.8. The first-order valence-electron chi connectivity index (χ1n) is 13.3. The van der Waals surface area contributed by atoms with E-state index < -0.39 is 5.91 Å². The molecule has 37 heavy (non-hydrogen) atoms. The molecule has 8 heteroatoms. The molecular formula is C29H40N4O4. The molecule has 0 bridgehead atoms. The summed E-state index contributed by atoms with van der Waals surface area (Å²) >= 11 is 0. The lowest BCUT2D eigenvalue weighted by Crippen LogP contribution is -2.52. The predicted molar refractivity (Wildman–Crippen MR) is 147 cm³/mol. The van der Waals surface area contributed by atoms with Gasteiger partial charge in [0.2, 0.25) is 11.8 Å². The molecule has 3 aliphatic rings. The maximum Gasteiger partial charge on any atom is 0.409 e. The molecule has 1 spiro atoms. The summed E-state index contributed by atoms with van der Waals surface area (Å²) in [6, 6.07) is 14.1. The van der Waals surface area contributed by atoms with Crippen LogP contribution in [0.1, 0.15) is 58.3 Å². The fourth-order valence-electron chi connectivity index (χ4n) is 6.42. The lowest BCUT2D eigenvalue weighted by Gasteiger charge is -2.45. The number of fused-ring (bicyclic) bond motifs is 2. The van der Waals surface area contributed by atoms with E-state index in [1.807, 2.05) is 28.9 Å². The van der Waals surface area contributed by atoms with Crippen molar-refractivity contribution in [3.63, 3.8) is 0 Å². The van der Waals surface area contributed by atoms with Crippen molar-refractivity contribution in [2.75, 3.05) is 44.2 Å². The summed E-state index contributed by atoms with van der Waals surface area (Å²) < 4.78 is 5.17. The Bertz CT molecular complexity index is 1190. The number of primary amides is 1. The second kappa shape index (κ2) is 10.2. The summed E-state index contributed by atoms with van der Waals surface area (Å²) in [5.41, 5.74) is 10.1. The van der Waals surface area contributed by atoms with Gasteiger partial charge in [-0.15, -0.1) is 0 Å². The van der Waals surface area contributed by atoms with Gasteiger partial charge in [-0.2, -0.15) is 0 Å². The zero-order valence-electron chi connectivity index (χ0n) is 21.7. The average Bonchev–Trinajstić information content (AvgIpc) is 3.24. The molecule has 2 saturated heterocycles. The van der Waals surface area contributed by atoms with Crippen LogP contribution >= 0.6 is 0 Å². The van der Waals surface area contributed by atoms with Crippen LogP contribution in [0, 0.1) is 0 Å². The number of hydrogen-bond donors (Lipinski definition) is 1. The molecule has 0 saturated carbocycles. The number of piperidine rings is 2. The van der Waals surface area contributed by atoms with Crippen LogP contribution in [-0.2, 0) is 14.9 Å². The molecular weight excluding hydrogens is 468 g/mol. The van der Waals surface area contributed by atoms with Crippen LogP contribution in [0.3, 0.4) is 0 Å². The number of anilines is 1. The quantitative estimate of drug-likeness (QED) is 0.666. The van der Waals surface area contributed by atoms with Crippen molar-refractivity contribution < 1.29 is 22.0 Å². The standard InChI is InChI=1S/C29H36N4O4.2H2/c1-3-37-28(36)32-15-11-23(12-16-32)31-17-13-29(14-18-31)19-33(20(2)34)26-24(5-4-6-25(26)29)21-7-9-22(10-8-21)27(30)35;;/h4-10,23H,3,11-19H2,1-2H3,(H2,30,35);2*1H. The van der Waals surface area contributed by atoms with E-state index in [0.717, 1.165) is 68.7 Å². The molecule has 0 unspecified atom stereocenters. The average molecular weight is 509 g/mol. The maximum absolute atomic E-state index is 12.8. The fraction of sp³-hybridized carbons (Fsp3) is 0.483. The van der Waals surface area contributed by atoms with Crippen LogP contribution in [0.4, 0.5) is 10.5 Å². The number of hydrogen-bond acceptors (Lipinski definition) is 5. The van der Waals surface area contributed by atoms with Crippen molar-refractivity contribution in [1.29, 1.82) is 0 Å². The van der Waals surface area contributed by atoms with Gasteiger partial charge in [-0.3, -0.25) is 9.59 Å². The summed E-state index contributed by atoms with van der Waals surface area (Å²) in [7, 11) is 0. The predicted octanol–water partition coefficient (Wildman–Crippen LogP) is 4.27. The minimum Gasteiger partial charge on any atom is -0.450 e. The second-order valence-electron chi connectivity index (χ2n) is 10.5. The van der Waals surface area contributed by atoms with E-state index in [-0.39, 0.29) is 20.3 Å². The van der Waals surface area contributed by atoms with Crippen molar-refractivity contribution in [3.05, 3.63) is 53.6 Å². The lowest BCUT2D eigenvalue weighted by atomic mass is 9.73. The van der Waals surface area contributed by atoms with E-state index in [0.29, 0.717) is 24.8 Å². The summed E-state index contributed by atoms with van der Waals surface area (Å²) in [5, 5.41) is 0. The molecule has 200 valence electrons. The first kappa shape index (κ1) is 25.3. The third-order valence-electron chi connectivity index (χ3n) is 8.46. The number of benzene rings is 2. The number of carbonyl (C=O) groups excluding carboxylic acids is 3. The Morgan fingerprint density at radius 1 is 1.03 bits per heavy atom. The van der Waals surface area contributed by atoms with E-state index in [1.165, 1.54) is 5.56 Å². The van der Waals surface area contributed by atoms with Crippen LogP contribution in [0.2, 0.25) is 0 Å². The topological polar surface area (TPSA) is 96.2 Å². The van der Waals surface area contributed by atoms with E-state index in [9.17, 15) is 14.4 Å². The largest absolute Gasteiger partial charge is 0.450 e. The highest BCUT2D eigenvalue weighted by molar-refractivity contribution is 6.00. The number of nitrogens with zero attached hydrogens (tertiary/aromatic N) is 3. The number of rotatable bonds is 4. The monoisotopic (exact) mass is 508 g/mol. The van der Waals surface area contributed by atoms with Crippen LogP contribution in [-0.4, -0.2) is 73.1 Å². The first-order valence-corrected chi connectivity index (χ1v) is 13.3. The third kappa shape index (κ3) is 4.70. The van der Waals surface area contributed by atoms with Gasteiger partial charge in [0.15, 0.2) is 0 Å². The van der Waals surface area contributed by atoms with Crippen molar-refractivity contribution in [2.45, 2.75) is 51.0 Å². The van der Waals surface area contributed by atoms with Crippen molar-refractivity contribution >= 4 is 23.6 Å². The minimum absolute atomic E-state index is 0. The van der Waals surface area contributed by atoms with E-state index in [2.05, 4.69) is 23.1 Å². The summed E-state index contributed by atoms with van der Waals surface area (Å²) in [6.45, 7) is 8.02. The molecule has 2 aromatic rings. The SMILES string of the molecule is CCOC(=O)N1CCC(N2CCC3(CC2)CN(C(C)=O)c2c(-c4ccc(C(N)=O)cc4)cccc23)CC1.[HH].[HH]. The Labute approximate surface area is 221 Å². The van der Waals surface area contributed by atoms with Gasteiger partial charge in [-0.05, 0) is 69.0 Å². The number of ether oxygens (including phenoxy) is 1. The normalized spacial score (nSPS) is 19.6. The molecule has 0 radical (unpaired) electrons. The molecule has 0 aromatic heterocycles. The number of amides is 3. The molecule has 0 atom stereocenters. The van der Waals surface area contributed by atoms with Gasteiger partial charge in [0.25, 0.3) is 0 Å². The first-order chi connectivity index (χ1) is 17.8. The summed E-state index contributed by atoms with van der Waals surface area (Å²) in [6.07, 6.45) is 3.71. The second-order valence-corrected chi connectivity index (χ2v) is 10.5. The molecule has 3 aliphatic heterocycles. The highest BCUT2D eigenvalue weighted by Crippen LogP contribution is 2.51. The van der Waals surface area contributed by atoms with Gasteiger partial charge in [0, 0.05) is 52.0 Å². The van der Waals surface area contributed by atoms with Gasteiger partial charge in [0.1, 0.15) is 0 Å². The van der Waals surface area contributed by atoms with E-state index in [4.69, 9.17) is 10.5 Å². The van der Waals surface area contributed by atoms with Gasteiger partial charge in [-0.1, -0.05) is 30.3 Å². The molecule has 2 aromatic carbocycles. The Morgan fingerprint density at radius 3 is 2.30 bits per heavy atom. The Kier molecular flexibility index (Phi) is 6.94. The molecule has 8 nitrogen and oxygen atoms in total. The van der Waals surface area contributed by atoms with E-state index >= 15 is 0 Å². The van der Waals surface area contributed by atoms with Crippen molar-refractivity contribution in [3.8, 4) is 11.1 Å². The molecule has 5 rings (SSSR count). The fourth-order valence-corrected chi connectivity index (χ4v) is 6.42. The smallest absolute Gasteiger partial charge is 0.409 e. The van der Waals surface area contributed by atoms with Crippen LogP contribution in [0.25, 0.3) is 11.1 Å². The van der Waals surface area contributed by atoms with Gasteiger partial charge in [-0.25, -0.2) is 4.79 Å².